The maximum atomic E-state index is 13.2. The molecule has 0 saturated carbocycles. The molecular weight excluding hydrogens is 388 g/mol. The molecule has 2 aromatic carbocycles. The van der Waals surface area contributed by atoms with Crippen LogP contribution in [-0.4, -0.2) is 44.7 Å². The van der Waals surface area contributed by atoms with Crippen LogP contribution in [0.1, 0.15) is 59.5 Å². The summed E-state index contributed by atoms with van der Waals surface area (Å²) in [5.74, 6) is 0.404. The van der Waals surface area contributed by atoms with Gasteiger partial charge in [-0.2, -0.15) is 0 Å². The van der Waals surface area contributed by atoms with Gasteiger partial charge in [-0.05, 0) is 24.0 Å². The summed E-state index contributed by atoms with van der Waals surface area (Å²) in [7, 11) is 0. The van der Waals surface area contributed by atoms with Crippen LogP contribution in [0.15, 0.2) is 24.3 Å². The van der Waals surface area contributed by atoms with Gasteiger partial charge in [-0.15, -0.1) is 0 Å². The molecular formula is C22H22N2O2S2. The number of thiocarbonyl (C=S) groups is 2. The van der Waals surface area contributed by atoms with E-state index in [2.05, 4.69) is 27.7 Å². The summed E-state index contributed by atoms with van der Waals surface area (Å²) in [6, 6.07) is 7.43. The number of carbonyl (C=O) groups excluding carboxylic acids is 2. The number of hydrogen-bond donors (Lipinski definition) is 0. The number of rotatable bonds is 4. The van der Waals surface area contributed by atoms with Crippen LogP contribution in [0.25, 0.3) is 10.8 Å². The molecule has 0 radical (unpaired) electrons. The zero-order chi connectivity index (χ0) is 20.3. The lowest BCUT2D eigenvalue weighted by Gasteiger charge is -2.35. The van der Waals surface area contributed by atoms with Gasteiger partial charge in [-0.25, -0.2) is 0 Å². The summed E-state index contributed by atoms with van der Waals surface area (Å²) < 4.78 is 0. The molecule has 4 rings (SSSR count). The first-order valence-corrected chi connectivity index (χ1v) is 10.4. The SMILES string of the molecule is CC(C)CN1C(=O)c2ccc3c4c(ccc(c24)C1=S)C(=O)N(CC(C)C)C3=S. The van der Waals surface area contributed by atoms with Crippen LogP contribution < -0.4 is 0 Å². The van der Waals surface area contributed by atoms with E-state index in [1.165, 1.54) is 0 Å². The topological polar surface area (TPSA) is 40.6 Å². The van der Waals surface area contributed by atoms with E-state index in [4.69, 9.17) is 24.4 Å². The summed E-state index contributed by atoms with van der Waals surface area (Å²) in [4.78, 5) is 30.7. The van der Waals surface area contributed by atoms with E-state index < -0.39 is 0 Å². The van der Waals surface area contributed by atoms with Crippen LogP contribution in [0.5, 0.6) is 0 Å². The van der Waals surface area contributed by atoms with Crippen LogP contribution in [0.3, 0.4) is 0 Å². The van der Waals surface area contributed by atoms with Crippen molar-refractivity contribution in [3.63, 3.8) is 0 Å². The minimum atomic E-state index is -0.0992. The average molecular weight is 411 g/mol. The average Bonchev–Trinajstić information content (AvgIpc) is 2.64. The van der Waals surface area contributed by atoms with Gasteiger partial charge in [0.25, 0.3) is 11.8 Å². The molecule has 6 heteroatoms. The Balaban J connectivity index is 1.96. The van der Waals surface area contributed by atoms with Gasteiger partial charge in [0, 0.05) is 46.1 Å². The lowest BCUT2D eigenvalue weighted by molar-refractivity contribution is 0.0827. The molecule has 2 amide bonds. The van der Waals surface area contributed by atoms with E-state index >= 15 is 0 Å². The first-order chi connectivity index (χ1) is 13.2. The highest BCUT2D eigenvalue weighted by atomic mass is 32.1. The Hall–Kier alpha value is -2.18. The van der Waals surface area contributed by atoms with Gasteiger partial charge in [-0.1, -0.05) is 64.3 Å². The standard InChI is InChI=1S/C22H22N2O2S2/c1-11(2)9-23-19(25)13-5-8-16-18-14(6-7-15(17(13)18)21(23)27)20(26)24(22(16)28)10-12(3)4/h5-8,11-12H,9-10H2,1-4H3. The molecule has 2 aliphatic heterocycles. The Morgan fingerprint density at radius 1 is 0.679 bits per heavy atom. The molecule has 28 heavy (non-hydrogen) atoms. The summed E-state index contributed by atoms with van der Waals surface area (Å²) in [6.07, 6.45) is 0. The van der Waals surface area contributed by atoms with Crippen molar-refractivity contribution >= 4 is 57.0 Å². The number of nitrogens with zero attached hydrogens (tertiary/aromatic N) is 2. The Labute approximate surface area is 175 Å². The third-order valence-electron chi connectivity index (χ3n) is 5.16. The van der Waals surface area contributed by atoms with Crippen LogP contribution in [0, 0.1) is 11.8 Å². The third kappa shape index (κ3) is 2.70. The van der Waals surface area contributed by atoms with Crippen LogP contribution >= 0.6 is 24.4 Å². The Kier molecular flexibility index (Phi) is 4.59. The monoisotopic (exact) mass is 410 g/mol. The molecule has 2 aromatic rings. The van der Waals surface area contributed by atoms with Crippen molar-refractivity contribution in [1.82, 2.24) is 9.80 Å². The van der Waals surface area contributed by atoms with Gasteiger partial charge >= 0.3 is 0 Å². The highest BCUT2D eigenvalue weighted by Gasteiger charge is 2.37. The van der Waals surface area contributed by atoms with Crippen molar-refractivity contribution in [2.75, 3.05) is 13.1 Å². The molecule has 0 aromatic heterocycles. The second kappa shape index (κ2) is 6.71. The molecule has 0 bridgehead atoms. The fraction of sp³-hybridized carbons (Fsp3) is 0.364. The zero-order valence-electron chi connectivity index (χ0n) is 16.4. The van der Waals surface area contributed by atoms with E-state index in [0.717, 1.165) is 21.9 Å². The lowest BCUT2D eigenvalue weighted by Crippen LogP contribution is -2.44. The third-order valence-corrected chi connectivity index (χ3v) is 6.04. The highest BCUT2D eigenvalue weighted by Crippen LogP contribution is 2.38. The van der Waals surface area contributed by atoms with Crippen molar-refractivity contribution in [2.45, 2.75) is 27.7 Å². The fourth-order valence-electron chi connectivity index (χ4n) is 4.04. The van der Waals surface area contributed by atoms with Gasteiger partial charge in [0.2, 0.25) is 0 Å². The van der Waals surface area contributed by atoms with Gasteiger partial charge in [0.05, 0.1) is 0 Å². The minimum absolute atomic E-state index is 0.0992. The van der Waals surface area contributed by atoms with Crippen molar-refractivity contribution < 1.29 is 9.59 Å². The zero-order valence-corrected chi connectivity index (χ0v) is 18.0. The molecule has 0 aliphatic carbocycles. The minimum Gasteiger partial charge on any atom is -0.298 e. The Morgan fingerprint density at radius 3 is 1.32 bits per heavy atom. The van der Waals surface area contributed by atoms with E-state index in [1.807, 2.05) is 24.3 Å². The highest BCUT2D eigenvalue weighted by molar-refractivity contribution is 7.81. The largest absolute Gasteiger partial charge is 0.298 e. The summed E-state index contributed by atoms with van der Waals surface area (Å²) in [5.41, 5.74) is 2.85. The van der Waals surface area contributed by atoms with Crippen LogP contribution in [-0.2, 0) is 0 Å². The second-order valence-electron chi connectivity index (χ2n) is 8.30. The first kappa shape index (κ1) is 19.2. The predicted octanol–water partition coefficient (Wildman–Crippen LogP) is 4.41. The van der Waals surface area contributed by atoms with E-state index in [1.54, 1.807) is 9.80 Å². The predicted molar refractivity (Wildman–Crippen MR) is 119 cm³/mol. The van der Waals surface area contributed by atoms with E-state index in [0.29, 0.717) is 46.0 Å². The number of carbonyl (C=O) groups is 2. The molecule has 0 saturated heterocycles. The summed E-state index contributed by atoms with van der Waals surface area (Å²) in [5, 5.41) is 1.54. The molecule has 2 heterocycles. The van der Waals surface area contributed by atoms with Gasteiger partial charge in [0.15, 0.2) is 0 Å². The number of amides is 2. The number of hydrogen-bond acceptors (Lipinski definition) is 4. The van der Waals surface area contributed by atoms with Crippen LogP contribution in [0.4, 0.5) is 0 Å². The normalized spacial score (nSPS) is 16.2. The molecule has 0 fully saturated rings. The van der Waals surface area contributed by atoms with Crippen molar-refractivity contribution in [1.29, 1.82) is 0 Å². The molecule has 4 nitrogen and oxygen atoms in total. The van der Waals surface area contributed by atoms with Crippen LogP contribution in [0.2, 0.25) is 0 Å². The Bertz CT molecular complexity index is 917. The van der Waals surface area contributed by atoms with E-state index in [-0.39, 0.29) is 11.8 Å². The smallest absolute Gasteiger partial charge is 0.259 e. The molecule has 2 aliphatic rings. The quantitative estimate of drug-likeness (QED) is 0.700. The Morgan fingerprint density at radius 2 is 1.00 bits per heavy atom. The molecule has 0 unspecified atom stereocenters. The van der Waals surface area contributed by atoms with E-state index in [9.17, 15) is 9.59 Å². The molecule has 0 spiro atoms. The molecule has 0 N–H and O–H groups in total. The summed E-state index contributed by atoms with van der Waals surface area (Å²) >= 11 is 11.3. The van der Waals surface area contributed by atoms with Crippen molar-refractivity contribution in [3.05, 3.63) is 46.5 Å². The van der Waals surface area contributed by atoms with Gasteiger partial charge < -0.3 is 0 Å². The van der Waals surface area contributed by atoms with Gasteiger partial charge in [-0.3, -0.25) is 19.4 Å². The maximum Gasteiger partial charge on any atom is 0.259 e. The van der Waals surface area contributed by atoms with Gasteiger partial charge in [0.1, 0.15) is 9.98 Å². The second-order valence-corrected chi connectivity index (χ2v) is 9.07. The summed E-state index contributed by atoms with van der Waals surface area (Å²) in [6.45, 7) is 9.39. The molecule has 0 atom stereocenters. The fourth-order valence-corrected chi connectivity index (χ4v) is 4.69. The van der Waals surface area contributed by atoms with Crippen molar-refractivity contribution in [3.8, 4) is 0 Å². The molecule has 144 valence electrons. The number of benzene rings is 2. The lowest BCUT2D eigenvalue weighted by atomic mass is 9.86. The maximum absolute atomic E-state index is 13.2. The van der Waals surface area contributed by atoms with Crippen molar-refractivity contribution in [2.24, 2.45) is 11.8 Å². The first-order valence-electron chi connectivity index (χ1n) is 9.54.